The summed E-state index contributed by atoms with van der Waals surface area (Å²) in [5, 5.41) is 7.12. The summed E-state index contributed by atoms with van der Waals surface area (Å²) < 4.78 is 7.35. The van der Waals surface area contributed by atoms with Crippen LogP contribution in [0.1, 0.15) is 22.6 Å². The fourth-order valence-electron chi connectivity index (χ4n) is 2.40. The number of halogens is 1. The maximum Gasteiger partial charge on any atom is 0.257 e. The van der Waals surface area contributed by atoms with Crippen molar-refractivity contribution < 1.29 is 4.52 Å². The van der Waals surface area contributed by atoms with Crippen molar-refractivity contribution in [3.05, 3.63) is 43.9 Å². The van der Waals surface area contributed by atoms with Gasteiger partial charge in [0.25, 0.3) is 5.56 Å². The molecule has 0 saturated heterocycles. The molecular weight excluding hydrogens is 324 g/mol. The summed E-state index contributed by atoms with van der Waals surface area (Å²) in [6.45, 7) is 3.95. The number of hydrogen-bond acceptors (Lipinski definition) is 5. The summed E-state index contributed by atoms with van der Waals surface area (Å²) in [6.07, 6.45) is 3.15. The van der Waals surface area contributed by atoms with Crippen LogP contribution in [0.2, 0.25) is 0 Å². The molecule has 0 aliphatic carbocycles. The molecule has 1 aliphatic rings. The monoisotopic (exact) mass is 338 g/mol. The molecule has 20 heavy (non-hydrogen) atoms. The first kappa shape index (κ1) is 13.5. The fourth-order valence-corrected chi connectivity index (χ4v) is 2.88. The van der Waals surface area contributed by atoms with E-state index in [2.05, 4.69) is 31.4 Å². The van der Waals surface area contributed by atoms with Crippen molar-refractivity contribution in [2.24, 2.45) is 0 Å². The Kier molecular flexibility index (Phi) is 3.71. The largest absolute Gasteiger partial charge is 0.360 e. The molecule has 3 heterocycles. The van der Waals surface area contributed by atoms with E-state index in [1.54, 1.807) is 10.9 Å². The summed E-state index contributed by atoms with van der Waals surface area (Å²) >= 11 is 3.34. The van der Waals surface area contributed by atoms with E-state index in [1.807, 2.05) is 6.92 Å². The average molecular weight is 339 g/mol. The number of nitrogens with one attached hydrogen (secondary N) is 1. The van der Waals surface area contributed by atoms with E-state index >= 15 is 0 Å². The minimum atomic E-state index is 0.0335. The van der Waals surface area contributed by atoms with Crippen LogP contribution in [0.5, 0.6) is 0 Å². The lowest BCUT2D eigenvalue weighted by molar-refractivity contribution is 0.392. The zero-order valence-electron chi connectivity index (χ0n) is 11.1. The van der Waals surface area contributed by atoms with Crippen molar-refractivity contribution in [1.29, 1.82) is 0 Å². The second kappa shape index (κ2) is 5.49. The molecule has 0 amide bonds. The van der Waals surface area contributed by atoms with Crippen LogP contribution in [-0.4, -0.2) is 27.8 Å². The maximum atomic E-state index is 12.5. The van der Waals surface area contributed by atoms with Gasteiger partial charge >= 0.3 is 0 Å². The van der Waals surface area contributed by atoms with E-state index in [-0.39, 0.29) is 5.56 Å². The highest BCUT2D eigenvalue weighted by molar-refractivity contribution is 9.10. The van der Waals surface area contributed by atoms with Gasteiger partial charge in [-0.3, -0.25) is 9.36 Å². The molecule has 7 heteroatoms. The van der Waals surface area contributed by atoms with Crippen molar-refractivity contribution in [2.75, 3.05) is 13.1 Å². The van der Waals surface area contributed by atoms with Crippen molar-refractivity contribution in [1.82, 2.24) is 20.0 Å². The van der Waals surface area contributed by atoms with Gasteiger partial charge in [0.15, 0.2) is 4.60 Å². The molecule has 106 valence electrons. The van der Waals surface area contributed by atoms with Gasteiger partial charge < -0.3 is 9.84 Å². The lowest BCUT2D eigenvalue weighted by Gasteiger charge is -2.09. The van der Waals surface area contributed by atoms with Gasteiger partial charge in [0.1, 0.15) is 5.76 Å². The van der Waals surface area contributed by atoms with Crippen molar-refractivity contribution in [3.63, 3.8) is 0 Å². The zero-order valence-corrected chi connectivity index (χ0v) is 12.7. The minimum Gasteiger partial charge on any atom is -0.360 e. The van der Waals surface area contributed by atoms with Crippen molar-refractivity contribution in [3.8, 4) is 0 Å². The first-order valence-electron chi connectivity index (χ1n) is 6.55. The fraction of sp³-hybridized carbons (Fsp3) is 0.462. The third-order valence-corrected chi connectivity index (χ3v) is 4.20. The lowest BCUT2D eigenvalue weighted by Crippen LogP contribution is -2.27. The Labute approximate surface area is 124 Å². The van der Waals surface area contributed by atoms with Crippen molar-refractivity contribution in [2.45, 2.75) is 26.3 Å². The molecule has 0 atom stereocenters. The zero-order chi connectivity index (χ0) is 14.1. The van der Waals surface area contributed by atoms with Gasteiger partial charge in [0, 0.05) is 24.1 Å². The van der Waals surface area contributed by atoms with Gasteiger partial charge in [-0.2, -0.15) is 0 Å². The van der Waals surface area contributed by atoms with E-state index in [0.717, 1.165) is 42.8 Å². The van der Waals surface area contributed by atoms with Gasteiger partial charge in [-0.15, -0.1) is 0 Å². The van der Waals surface area contributed by atoms with Gasteiger partial charge in [0.05, 0.1) is 18.6 Å². The second-order valence-electron chi connectivity index (χ2n) is 4.86. The molecule has 0 unspecified atom stereocenters. The standard InChI is InChI=1S/C13H15BrN4O2/c1-8-10(12(14)17-20-8)6-18-7-16-11-3-5-15-4-2-9(11)13(18)19/h7,15H,2-6H2,1H3. The predicted octanol–water partition coefficient (Wildman–Crippen LogP) is 1.04. The summed E-state index contributed by atoms with van der Waals surface area (Å²) in [5.41, 5.74) is 2.65. The molecule has 0 bridgehead atoms. The molecule has 6 nitrogen and oxygen atoms in total. The average Bonchev–Trinajstić information content (AvgIpc) is 2.67. The Morgan fingerprint density at radius 3 is 3.00 bits per heavy atom. The normalized spacial score (nSPS) is 14.9. The van der Waals surface area contributed by atoms with Crippen LogP contribution in [0.15, 0.2) is 20.2 Å². The topological polar surface area (TPSA) is 73.0 Å². The molecule has 2 aromatic rings. The molecule has 1 aliphatic heterocycles. The third-order valence-electron chi connectivity index (χ3n) is 3.58. The number of fused-ring (bicyclic) bond motifs is 1. The van der Waals surface area contributed by atoms with Crippen LogP contribution >= 0.6 is 15.9 Å². The predicted molar refractivity (Wildman–Crippen MR) is 76.8 cm³/mol. The Morgan fingerprint density at radius 2 is 2.25 bits per heavy atom. The molecule has 0 radical (unpaired) electrons. The molecule has 0 spiro atoms. The van der Waals surface area contributed by atoms with Crippen LogP contribution in [0, 0.1) is 6.92 Å². The summed E-state index contributed by atoms with van der Waals surface area (Å²) in [6, 6.07) is 0. The Hall–Kier alpha value is -1.47. The third kappa shape index (κ3) is 2.43. The van der Waals surface area contributed by atoms with Gasteiger partial charge in [0.2, 0.25) is 0 Å². The quantitative estimate of drug-likeness (QED) is 0.885. The van der Waals surface area contributed by atoms with Gasteiger partial charge in [-0.1, -0.05) is 5.16 Å². The number of hydrogen-bond donors (Lipinski definition) is 1. The molecule has 0 aromatic carbocycles. The molecule has 3 rings (SSSR count). The van der Waals surface area contributed by atoms with E-state index < -0.39 is 0 Å². The SMILES string of the molecule is Cc1onc(Br)c1Cn1cnc2c(c1=O)CCNCC2. The van der Waals surface area contributed by atoms with E-state index in [9.17, 15) is 4.79 Å². The summed E-state index contributed by atoms with van der Waals surface area (Å²) in [5.74, 6) is 0.709. The Balaban J connectivity index is 1.99. The Morgan fingerprint density at radius 1 is 1.45 bits per heavy atom. The van der Waals surface area contributed by atoms with Crippen LogP contribution in [-0.2, 0) is 19.4 Å². The van der Waals surface area contributed by atoms with E-state index in [4.69, 9.17) is 4.52 Å². The number of aryl methyl sites for hydroxylation is 1. The van der Waals surface area contributed by atoms with Crippen LogP contribution in [0.4, 0.5) is 0 Å². The van der Waals surface area contributed by atoms with Crippen LogP contribution in [0.3, 0.4) is 0 Å². The first-order valence-corrected chi connectivity index (χ1v) is 7.34. The molecule has 1 N–H and O–H groups in total. The van der Waals surface area contributed by atoms with E-state index in [0.29, 0.717) is 16.9 Å². The van der Waals surface area contributed by atoms with Gasteiger partial charge in [-0.25, -0.2) is 4.98 Å². The molecular formula is C13H15BrN4O2. The highest BCUT2D eigenvalue weighted by Crippen LogP contribution is 2.19. The number of aromatic nitrogens is 3. The highest BCUT2D eigenvalue weighted by Gasteiger charge is 2.16. The maximum absolute atomic E-state index is 12.5. The molecule has 0 fully saturated rings. The lowest BCUT2D eigenvalue weighted by atomic mass is 10.1. The van der Waals surface area contributed by atoms with Gasteiger partial charge in [-0.05, 0) is 35.8 Å². The molecule has 0 saturated carbocycles. The summed E-state index contributed by atoms with van der Waals surface area (Å²) in [7, 11) is 0. The smallest absolute Gasteiger partial charge is 0.257 e. The van der Waals surface area contributed by atoms with Crippen LogP contribution in [0.25, 0.3) is 0 Å². The van der Waals surface area contributed by atoms with Crippen LogP contribution < -0.4 is 10.9 Å². The summed E-state index contributed by atoms with van der Waals surface area (Å²) in [4.78, 5) is 17.0. The Bertz CT molecular complexity index is 673. The number of rotatable bonds is 2. The van der Waals surface area contributed by atoms with Crippen molar-refractivity contribution >= 4 is 15.9 Å². The van der Waals surface area contributed by atoms with E-state index in [1.165, 1.54) is 0 Å². The minimum absolute atomic E-state index is 0.0335. The molecule has 2 aromatic heterocycles. The number of nitrogens with zero attached hydrogens (tertiary/aromatic N) is 3. The highest BCUT2D eigenvalue weighted by atomic mass is 79.9. The first-order chi connectivity index (χ1) is 9.66. The second-order valence-corrected chi connectivity index (χ2v) is 5.61.